The Morgan fingerprint density at radius 1 is 1.06 bits per heavy atom. The highest BCUT2D eigenvalue weighted by molar-refractivity contribution is 7.99. The third kappa shape index (κ3) is 8.35. The smallest absolute Gasteiger partial charge is 0.260 e. The number of aromatic nitrogens is 1. The van der Waals surface area contributed by atoms with E-state index in [1.807, 2.05) is 54.4 Å². The molecule has 0 bridgehead atoms. The molecule has 0 fully saturated rings. The van der Waals surface area contributed by atoms with Gasteiger partial charge in [0.1, 0.15) is 18.2 Å². The first-order valence-electron chi connectivity index (χ1n) is 14.6. The van der Waals surface area contributed by atoms with E-state index in [-0.39, 0.29) is 35.2 Å². The molecule has 4 aromatic rings. The number of nitriles is 1. The average Bonchev–Trinajstić information content (AvgIpc) is 3.51. The lowest BCUT2D eigenvalue weighted by molar-refractivity contribution is -0.119. The Kier molecular flexibility index (Phi) is 10.9. The van der Waals surface area contributed by atoms with Gasteiger partial charge in [-0.05, 0) is 29.8 Å². The van der Waals surface area contributed by atoms with Crippen molar-refractivity contribution >= 4 is 23.5 Å². The van der Waals surface area contributed by atoms with Gasteiger partial charge in [0.25, 0.3) is 11.8 Å². The Morgan fingerprint density at radius 2 is 1.83 bits per heavy atom. The number of nitrogens with one attached hydrogen (secondary N) is 1. The third-order valence-corrected chi connectivity index (χ3v) is 8.13. The van der Waals surface area contributed by atoms with Gasteiger partial charge in [0.15, 0.2) is 11.5 Å². The van der Waals surface area contributed by atoms with Gasteiger partial charge in [-0.3, -0.25) is 9.79 Å². The first-order valence-corrected chi connectivity index (χ1v) is 15.6. The lowest BCUT2D eigenvalue weighted by Gasteiger charge is -2.18. The monoisotopic (exact) mass is 659 g/mol. The van der Waals surface area contributed by atoms with E-state index in [2.05, 4.69) is 15.3 Å². The molecule has 0 saturated carbocycles. The summed E-state index contributed by atoms with van der Waals surface area (Å²) in [5, 5.41) is 21.8. The Balaban J connectivity index is 1.51. The van der Waals surface area contributed by atoms with Crippen LogP contribution in [0.25, 0.3) is 0 Å². The molecule has 2 N–H and O–H groups in total. The summed E-state index contributed by atoms with van der Waals surface area (Å²) < 4.78 is 49.7. The van der Waals surface area contributed by atoms with Crippen LogP contribution in [0.1, 0.15) is 23.6 Å². The molecule has 1 unspecified atom stereocenters. The summed E-state index contributed by atoms with van der Waals surface area (Å²) >= 11 is 0.707. The molecule has 5 rings (SSSR count). The van der Waals surface area contributed by atoms with Crippen molar-refractivity contribution in [1.82, 2.24) is 15.2 Å². The number of likely N-dealkylation sites (N-methyl/N-ethyl adjacent to an activating group) is 1. The highest BCUT2D eigenvalue weighted by atomic mass is 32.2. The molecule has 10 nitrogen and oxygen atoms in total. The van der Waals surface area contributed by atoms with Crippen LogP contribution in [0, 0.1) is 23.0 Å². The molecule has 1 aromatic heterocycles. The molecule has 2 heterocycles. The second-order valence-corrected chi connectivity index (χ2v) is 11.5. The van der Waals surface area contributed by atoms with Gasteiger partial charge in [0.2, 0.25) is 17.5 Å². The molecule has 13 heteroatoms. The molecule has 1 amide bonds. The number of hydrogen-bond acceptors (Lipinski definition) is 10. The van der Waals surface area contributed by atoms with E-state index in [4.69, 9.17) is 14.2 Å². The number of carbonyl (C=O) groups is 1. The van der Waals surface area contributed by atoms with E-state index in [9.17, 15) is 15.2 Å². The molecule has 0 saturated heterocycles. The van der Waals surface area contributed by atoms with Gasteiger partial charge < -0.3 is 29.5 Å². The van der Waals surface area contributed by atoms with Crippen molar-refractivity contribution in [3.63, 3.8) is 0 Å². The lowest BCUT2D eigenvalue weighted by Crippen LogP contribution is -2.37. The summed E-state index contributed by atoms with van der Waals surface area (Å²) in [5.41, 5.74) is 1.81. The minimum absolute atomic E-state index is 0.0318. The van der Waals surface area contributed by atoms with E-state index in [1.165, 1.54) is 25.1 Å². The summed E-state index contributed by atoms with van der Waals surface area (Å²) in [7, 11) is 1.91. The van der Waals surface area contributed by atoms with Gasteiger partial charge in [-0.25, -0.2) is 0 Å². The number of pyridine rings is 1. The number of thioether (sulfide) groups is 1. The fraction of sp³-hybridized carbons (Fsp3) is 0.235. The highest BCUT2D eigenvalue weighted by Gasteiger charge is 2.26. The first-order chi connectivity index (χ1) is 22.7. The van der Waals surface area contributed by atoms with Gasteiger partial charge in [0.05, 0.1) is 35.7 Å². The zero-order chi connectivity index (χ0) is 33.3. The Hall–Kier alpha value is -5.19. The number of amides is 1. The molecule has 242 valence electrons. The van der Waals surface area contributed by atoms with Crippen LogP contribution in [0.15, 0.2) is 82.7 Å². The van der Waals surface area contributed by atoms with E-state index >= 15 is 8.78 Å². The lowest BCUT2D eigenvalue weighted by atomic mass is 10.2. The minimum Gasteiger partial charge on any atom is -0.485 e. The van der Waals surface area contributed by atoms with E-state index in [1.54, 1.807) is 18.2 Å². The van der Waals surface area contributed by atoms with Crippen LogP contribution in [0.2, 0.25) is 0 Å². The number of rotatable bonds is 13. The zero-order valence-electron chi connectivity index (χ0n) is 25.6. The number of benzene rings is 3. The fourth-order valence-corrected chi connectivity index (χ4v) is 5.61. The highest BCUT2D eigenvalue weighted by Crippen LogP contribution is 2.40. The summed E-state index contributed by atoms with van der Waals surface area (Å²) in [6, 6.07) is 21.8. The molecule has 0 aliphatic carbocycles. The molecule has 3 aromatic carbocycles. The fourth-order valence-electron chi connectivity index (χ4n) is 4.62. The summed E-state index contributed by atoms with van der Waals surface area (Å²) in [4.78, 5) is 21.6. The number of aliphatic imine (C=N–C) groups is 1. The van der Waals surface area contributed by atoms with Crippen LogP contribution in [-0.2, 0) is 11.4 Å². The molecule has 0 radical (unpaired) electrons. The first kappa shape index (κ1) is 33.2. The maximum Gasteiger partial charge on any atom is 0.260 e. The van der Waals surface area contributed by atoms with Gasteiger partial charge in [-0.2, -0.15) is 19.0 Å². The number of aliphatic hydroxyl groups is 1. The number of ether oxygens (including phenoxy) is 3. The summed E-state index contributed by atoms with van der Waals surface area (Å²) in [5.74, 6) is -2.84. The quantitative estimate of drug-likeness (QED) is 0.174. The number of halogens is 2. The van der Waals surface area contributed by atoms with Gasteiger partial charge in [-0.15, -0.1) is 11.8 Å². The third-order valence-electron chi connectivity index (χ3n) is 6.92. The van der Waals surface area contributed by atoms with Gasteiger partial charge in [0, 0.05) is 37.9 Å². The second kappa shape index (κ2) is 15.4. The summed E-state index contributed by atoms with van der Waals surface area (Å²) in [6.07, 6.45) is 0. The number of hydrogen-bond donors (Lipinski definition) is 2. The molecule has 0 spiro atoms. The average molecular weight is 660 g/mol. The molecule has 1 aliphatic heterocycles. The Bertz CT molecular complexity index is 1820. The van der Waals surface area contributed by atoms with Crippen LogP contribution < -0.4 is 19.5 Å². The van der Waals surface area contributed by atoms with Crippen molar-refractivity contribution in [2.45, 2.75) is 24.5 Å². The number of carbonyl (C=O) groups excluding carboxylic acids is 1. The van der Waals surface area contributed by atoms with Crippen LogP contribution >= 0.6 is 11.8 Å². The van der Waals surface area contributed by atoms with Crippen molar-refractivity contribution < 1.29 is 32.9 Å². The maximum atomic E-state index is 16.1. The number of nitrogens with zero attached hydrogens (tertiary/aromatic N) is 4. The predicted molar refractivity (Wildman–Crippen MR) is 172 cm³/mol. The SMILES string of the molecule is CC(=O)NC(CO)CSc1c(F)c(Oc2cccc(C3=NCCN3C)c2)nc(Oc2cc(C#N)ccc2OCc2ccccc2)c1F. The zero-order valence-corrected chi connectivity index (χ0v) is 26.4. The predicted octanol–water partition coefficient (Wildman–Crippen LogP) is 5.68. The van der Waals surface area contributed by atoms with Crippen LogP contribution in [0.4, 0.5) is 8.78 Å². The van der Waals surface area contributed by atoms with Crippen LogP contribution in [-0.4, -0.2) is 65.3 Å². The van der Waals surface area contributed by atoms with E-state index in [0.717, 1.165) is 23.5 Å². The van der Waals surface area contributed by atoms with Crippen molar-refractivity contribution in [2.75, 3.05) is 32.5 Å². The Morgan fingerprint density at radius 3 is 2.51 bits per heavy atom. The van der Waals surface area contributed by atoms with Crippen LogP contribution in [0.3, 0.4) is 0 Å². The normalized spacial score (nSPS) is 13.0. The minimum atomic E-state index is -1.15. The number of amidine groups is 1. The van der Waals surface area contributed by atoms with Gasteiger partial charge >= 0.3 is 0 Å². The topological polar surface area (TPSA) is 129 Å². The van der Waals surface area contributed by atoms with E-state index < -0.39 is 46.8 Å². The maximum absolute atomic E-state index is 16.1. The molecule has 1 atom stereocenters. The largest absolute Gasteiger partial charge is 0.485 e. The molecular formula is C34H31F2N5O5S. The van der Waals surface area contributed by atoms with Crippen molar-refractivity contribution in [1.29, 1.82) is 5.26 Å². The summed E-state index contributed by atoms with van der Waals surface area (Å²) in [6.45, 7) is 2.37. The Labute approximate surface area is 274 Å². The number of aliphatic hydroxyl groups excluding tert-OH is 1. The van der Waals surface area contributed by atoms with Crippen molar-refractivity contribution in [3.05, 3.63) is 101 Å². The van der Waals surface area contributed by atoms with Crippen molar-refractivity contribution in [2.24, 2.45) is 4.99 Å². The second-order valence-electron chi connectivity index (χ2n) is 10.5. The molecular weight excluding hydrogens is 628 g/mol. The van der Waals surface area contributed by atoms with Crippen LogP contribution in [0.5, 0.6) is 29.0 Å². The molecule has 47 heavy (non-hydrogen) atoms. The van der Waals surface area contributed by atoms with Gasteiger partial charge in [-0.1, -0.05) is 42.5 Å². The standard InChI is InChI=1S/C34H31F2N5O5S/c1-21(43)39-25(18-42)20-47-31-29(35)33(45-26-10-6-9-24(16-26)32-38-13-14-41(32)2)40-34(30(31)36)46-28-15-23(17-37)11-12-27(28)44-19-22-7-4-3-5-8-22/h3-12,15-16,25,42H,13-14,18-20H2,1-2H3,(H,39,43). The molecule has 1 aliphatic rings. The van der Waals surface area contributed by atoms with Crippen molar-refractivity contribution in [3.8, 4) is 35.1 Å². The van der Waals surface area contributed by atoms with E-state index in [0.29, 0.717) is 18.3 Å².